The van der Waals surface area contributed by atoms with Crippen molar-refractivity contribution in [1.82, 2.24) is 14.8 Å². The summed E-state index contributed by atoms with van der Waals surface area (Å²) >= 11 is 3.59. The molecule has 30 heavy (non-hydrogen) atoms. The van der Waals surface area contributed by atoms with E-state index in [0.717, 1.165) is 45.5 Å². The van der Waals surface area contributed by atoms with Gasteiger partial charge in [0.1, 0.15) is 24.7 Å². The van der Waals surface area contributed by atoms with Crippen LogP contribution in [0.5, 0.6) is 5.75 Å². The van der Waals surface area contributed by atoms with Crippen molar-refractivity contribution >= 4 is 27.7 Å². The zero-order valence-electron chi connectivity index (χ0n) is 16.6. The molecule has 0 saturated carbocycles. The van der Waals surface area contributed by atoms with Gasteiger partial charge in [0.25, 0.3) is 0 Å². The van der Waals surface area contributed by atoms with Gasteiger partial charge in [0.15, 0.2) is 5.78 Å². The molecule has 7 heteroatoms. The molecule has 0 spiro atoms. The van der Waals surface area contributed by atoms with E-state index in [0.29, 0.717) is 19.0 Å². The lowest BCUT2D eigenvalue weighted by Gasteiger charge is -2.33. The zero-order valence-corrected chi connectivity index (χ0v) is 18.1. The molecule has 1 N–H and O–H groups in total. The van der Waals surface area contributed by atoms with Crippen molar-refractivity contribution in [3.63, 3.8) is 0 Å². The molecule has 6 nitrogen and oxygen atoms in total. The van der Waals surface area contributed by atoms with Gasteiger partial charge in [-0.2, -0.15) is 10.1 Å². The van der Waals surface area contributed by atoms with Crippen molar-refractivity contribution in [2.24, 2.45) is 0 Å². The van der Waals surface area contributed by atoms with E-state index in [4.69, 9.17) is 4.74 Å². The van der Waals surface area contributed by atoms with E-state index in [1.54, 1.807) is 4.68 Å². The number of nitrogens with one attached hydrogen (secondary N) is 1. The molecule has 1 aromatic heterocycles. The quantitative estimate of drug-likeness (QED) is 0.591. The summed E-state index contributed by atoms with van der Waals surface area (Å²) in [5, 5.41) is 7.73. The van der Waals surface area contributed by atoms with Crippen molar-refractivity contribution in [3.05, 3.63) is 81.2 Å². The van der Waals surface area contributed by atoms with E-state index >= 15 is 0 Å². The molecule has 0 fully saturated rings. The Kier molecular flexibility index (Phi) is 4.90. The van der Waals surface area contributed by atoms with Crippen LogP contribution >= 0.6 is 15.9 Å². The number of rotatable bonds is 4. The molecule has 0 bridgehead atoms. The molecular weight excluding hydrogens is 444 g/mol. The van der Waals surface area contributed by atoms with E-state index in [-0.39, 0.29) is 11.8 Å². The summed E-state index contributed by atoms with van der Waals surface area (Å²) in [4.78, 5) is 17.3. The van der Waals surface area contributed by atoms with E-state index in [9.17, 15) is 4.79 Å². The van der Waals surface area contributed by atoms with Gasteiger partial charge < -0.3 is 10.1 Å². The van der Waals surface area contributed by atoms with Gasteiger partial charge in [-0.25, -0.2) is 4.68 Å². The summed E-state index contributed by atoms with van der Waals surface area (Å²) in [6, 6.07) is 13.7. The Morgan fingerprint density at radius 2 is 2.10 bits per heavy atom. The fraction of sp³-hybridized carbons (Fsp3) is 0.261. The number of hydrogen-bond acceptors (Lipinski definition) is 5. The number of carbonyl (C=O) groups excluding carboxylic acids is 1. The summed E-state index contributed by atoms with van der Waals surface area (Å²) in [6.07, 6.45) is 3.75. The van der Waals surface area contributed by atoms with Gasteiger partial charge in [-0.05, 0) is 49.1 Å². The highest BCUT2D eigenvalue weighted by Gasteiger charge is 2.37. The molecule has 1 atom stereocenters. The smallest absolute Gasteiger partial charge is 0.226 e. The number of allylic oxidation sites excluding steroid dienone is 2. The van der Waals surface area contributed by atoms with Gasteiger partial charge in [-0.1, -0.05) is 40.2 Å². The van der Waals surface area contributed by atoms with Crippen molar-refractivity contribution in [3.8, 4) is 5.75 Å². The molecule has 0 saturated heterocycles. The minimum Gasteiger partial charge on any atom is -0.489 e. The first-order chi connectivity index (χ1) is 14.6. The minimum absolute atomic E-state index is 0.153. The molecule has 2 heterocycles. The second-order valence-electron chi connectivity index (χ2n) is 7.62. The van der Waals surface area contributed by atoms with Crippen LogP contribution < -0.4 is 10.1 Å². The molecule has 5 rings (SSSR count). The lowest BCUT2D eigenvalue weighted by Crippen LogP contribution is -2.31. The molecule has 152 valence electrons. The van der Waals surface area contributed by atoms with Gasteiger partial charge in [0.2, 0.25) is 5.95 Å². The third-order valence-electron chi connectivity index (χ3n) is 5.72. The van der Waals surface area contributed by atoms with Crippen LogP contribution in [0.3, 0.4) is 0 Å². The third-order valence-corrected chi connectivity index (χ3v) is 6.21. The average Bonchev–Trinajstić information content (AvgIpc) is 3.21. The number of benzene rings is 2. The van der Waals surface area contributed by atoms with Gasteiger partial charge in [-0.15, -0.1) is 0 Å². The van der Waals surface area contributed by atoms with Crippen LogP contribution in [0.2, 0.25) is 0 Å². The Bertz CT molecular complexity index is 1170. The van der Waals surface area contributed by atoms with Gasteiger partial charge in [-0.3, -0.25) is 4.79 Å². The predicted octanol–water partition coefficient (Wildman–Crippen LogP) is 4.95. The van der Waals surface area contributed by atoms with Gasteiger partial charge in [0, 0.05) is 27.7 Å². The molecule has 2 aliphatic rings. The summed E-state index contributed by atoms with van der Waals surface area (Å²) in [5.41, 5.74) is 4.92. The van der Waals surface area contributed by atoms with Crippen LogP contribution in [0.15, 0.2) is 64.5 Å². The lowest BCUT2D eigenvalue weighted by atomic mass is 9.85. The maximum absolute atomic E-state index is 13.0. The first kappa shape index (κ1) is 19.1. The average molecular weight is 465 g/mol. The number of fused-ring (bicyclic) bond motifs is 1. The number of nitrogens with zero attached hydrogens (tertiary/aromatic N) is 3. The fourth-order valence-electron chi connectivity index (χ4n) is 4.18. The highest BCUT2D eigenvalue weighted by molar-refractivity contribution is 9.10. The van der Waals surface area contributed by atoms with Crippen LogP contribution in [-0.4, -0.2) is 20.5 Å². The van der Waals surface area contributed by atoms with Crippen LogP contribution in [-0.2, 0) is 11.4 Å². The molecular formula is C23H21BrN4O2. The highest BCUT2D eigenvalue weighted by Crippen LogP contribution is 2.43. The van der Waals surface area contributed by atoms with Crippen LogP contribution in [0.25, 0.3) is 0 Å². The second kappa shape index (κ2) is 7.72. The van der Waals surface area contributed by atoms with Crippen LogP contribution in [0.1, 0.15) is 42.0 Å². The topological polar surface area (TPSA) is 69.0 Å². The molecule has 2 aromatic carbocycles. The molecule has 1 aliphatic carbocycles. The lowest BCUT2D eigenvalue weighted by molar-refractivity contribution is -0.116. The Hall–Kier alpha value is -2.93. The summed E-state index contributed by atoms with van der Waals surface area (Å²) in [6.45, 7) is 2.53. The van der Waals surface area contributed by atoms with Gasteiger partial charge >= 0.3 is 0 Å². The number of halogens is 1. The van der Waals surface area contributed by atoms with Crippen molar-refractivity contribution in [2.75, 3.05) is 5.32 Å². The van der Waals surface area contributed by atoms with E-state index in [1.807, 2.05) is 30.3 Å². The second-order valence-corrected chi connectivity index (χ2v) is 8.54. The monoisotopic (exact) mass is 464 g/mol. The number of aromatic nitrogens is 3. The normalized spacial score (nSPS) is 17.9. The maximum atomic E-state index is 13.0. The van der Waals surface area contributed by atoms with Crippen LogP contribution in [0.4, 0.5) is 5.95 Å². The van der Waals surface area contributed by atoms with E-state index in [2.05, 4.69) is 50.4 Å². The van der Waals surface area contributed by atoms with Crippen molar-refractivity contribution in [2.45, 2.75) is 38.8 Å². The van der Waals surface area contributed by atoms with Crippen LogP contribution in [0, 0.1) is 6.92 Å². The minimum atomic E-state index is -0.365. The standard InChI is InChI=1S/C23H21BrN4O2/c1-14-5-2-3-6-15(14)12-30-20-10-9-16(24)11-17(20)22-21-18(7-4-8-19(21)29)27-23-25-13-26-28(22)23/h2-3,5-6,9-11,13,22H,4,7-8,12H2,1H3,(H,25,26,27). The Morgan fingerprint density at radius 1 is 1.23 bits per heavy atom. The SMILES string of the molecule is Cc1ccccc1COc1ccc(Br)cc1C1C2=C(CCCC2=O)Nc2ncnn21. The largest absolute Gasteiger partial charge is 0.489 e. The summed E-state index contributed by atoms with van der Waals surface area (Å²) in [7, 11) is 0. The Labute approximate surface area is 183 Å². The molecule has 0 amide bonds. The summed E-state index contributed by atoms with van der Waals surface area (Å²) < 4.78 is 8.99. The van der Waals surface area contributed by atoms with E-state index in [1.165, 1.54) is 11.9 Å². The number of hydrogen-bond donors (Lipinski definition) is 1. The molecule has 1 aliphatic heterocycles. The highest BCUT2D eigenvalue weighted by atomic mass is 79.9. The number of Topliss-reactive ketones (excluding diaryl/α,β-unsaturated/α-hetero) is 1. The Balaban J connectivity index is 1.59. The molecule has 1 unspecified atom stereocenters. The van der Waals surface area contributed by atoms with Gasteiger partial charge in [0.05, 0.1) is 0 Å². The van der Waals surface area contributed by atoms with Crippen molar-refractivity contribution < 1.29 is 9.53 Å². The Morgan fingerprint density at radius 3 is 2.97 bits per heavy atom. The van der Waals surface area contributed by atoms with Crippen molar-refractivity contribution in [1.29, 1.82) is 0 Å². The number of carbonyl (C=O) groups is 1. The number of ether oxygens (including phenoxy) is 1. The fourth-order valence-corrected chi connectivity index (χ4v) is 4.55. The number of anilines is 1. The van der Waals surface area contributed by atoms with E-state index < -0.39 is 0 Å². The first-order valence-corrected chi connectivity index (χ1v) is 10.8. The zero-order chi connectivity index (χ0) is 20.7. The third kappa shape index (κ3) is 3.33. The molecule has 0 radical (unpaired) electrons. The maximum Gasteiger partial charge on any atom is 0.226 e. The number of aryl methyl sites for hydroxylation is 1. The molecule has 3 aromatic rings. The number of ketones is 1. The summed E-state index contributed by atoms with van der Waals surface area (Å²) in [5.74, 6) is 1.54. The predicted molar refractivity (Wildman–Crippen MR) is 117 cm³/mol. The first-order valence-electron chi connectivity index (χ1n) is 10.0.